The minimum absolute atomic E-state index is 0.379. The second-order valence-electron chi connectivity index (χ2n) is 4.38. The number of hydrogen-bond acceptors (Lipinski definition) is 2. The van der Waals surface area contributed by atoms with Gasteiger partial charge in [-0.2, -0.15) is 0 Å². The van der Waals surface area contributed by atoms with Gasteiger partial charge in [0.1, 0.15) is 0 Å². The maximum atomic E-state index is 10.4. The molecule has 0 spiro atoms. The molecule has 0 aliphatic carbocycles. The first kappa shape index (κ1) is 13.7. The van der Waals surface area contributed by atoms with Crippen molar-refractivity contribution in [2.75, 3.05) is 0 Å². The smallest absolute Gasteiger partial charge is 0.248 e. The van der Waals surface area contributed by atoms with E-state index in [1.54, 1.807) is 24.3 Å². The van der Waals surface area contributed by atoms with Gasteiger partial charge in [0.05, 0.1) is 5.52 Å². The predicted molar refractivity (Wildman–Crippen MR) is 81.4 cm³/mol. The van der Waals surface area contributed by atoms with Crippen LogP contribution in [0, 0.1) is 6.92 Å². The molecule has 2 N–H and O–H groups in total. The summed E-state index contributed by atoms with van der Waals surface area (Å²) in [5.74, 6) is -0.379. The molecule has 1 aromatic heterocycles. The number of para-hydroxylation sites is 1. The van der Waals surface area contributed by atoms with E-state index >= 15 is 0 Å². The minimum Gasteiger partial charge on any atom is -0.366 e. The molecule has 3 rings (SSSR count). The topological polar surface area (TPSA) is 56.0 Å². The monoisotopic (exact) mass is 264 g/mol. The minimum atomic E-state index is -0.379. The first-order chi connectivity index (χ1) is 9.66. The summed E-state index contributed by atoms with van der Waals surface area (Å²) in [5.41, 5.74) is 7.68. The molecule has 0 saturated carbocycles. The van der Waals surface area contributed by atoms with Gasteiger partial charge in [0.25, 0.3) is 0 Å². The van der Waals surface area contributed by atoms with E-state index in [2.05, 4.69) is 17.1 Å². The number of carbonyl (C=O) groups is 1. The zero-order valence-electron chi connectivity index (χ0n) is 11.3. The quantitative estimate of drug-likeness (QED) is 0.733. The summed E-state index contributed by atoms with van der Waals surface area (Å²) >= 11 is 0. The van der Waals surface area contributed by atoms with E-state index in [9.17, 15) is 4.79 Å². The lowest BCUT2D eigenvalue weighted by molar-refractivity contribution is 0.100. The number of carbonyl (C=O) groups excluding carboxylic acids is 1. The molecule has 0 fully saturated rings. The van der Waals surface area contributed by atoms with E-state index in [0.29, 0.717) is 5.56 Å². The Bertz CT molecular complexity index is 708. The van der Waals surface area contributed by atoms with Crippen molar-refractivity contribution in [3.05, 3.63) is 78.0 Å². The average molecular weight is 264 g/mol. The Hall–Kier alpha value is -2.68. The largest absolute Gasteiger partial charge is 0.366 e. The third-order valence-corrected chi connectivity index (χ3v) is 2.80. The van der Waals surface area contributed by atoms with E-state index in [-0.39, 0.29) is 5.91 Å². The Morgan fingerprint density at radius 1 is 0.900 bits per heavy atom. The van der Waals surface area contributed by atoms with Gasteiger partial charge in [-0.15, -0.1) is 0 Å². The van der Waals surface area contributed by atoms with Crippen molar-refractivity contribution >= 4 is 16.8 Å². The first-order valence-electron chi connectivity index (χ1n) is 6.34. The van der Waals surface area contributed by atoms with E-state index < -0.39 is 0 Å². The van der Waals surface area contributed by atoms with Crippen molar-refractivity contribution in [2.45, 2.75) is 6.92 Å². The van der Waals surface area contributed by atoms with Crippen molar-refractivity contribution in [2.24, 2.45) is 5.73 Å². The number of pyridine rings is 1. The highest BCUT2D eigenvalue weighted by Gasteiger charge is 1.93. The molecule has 2 aromatic carbocycles. The predicted octanol–water partition coefficient (Wildman–Crippen LogP) is 3.33. The number of fused-ring (bicyclic) bond motifs is 1. The van der Waals surface area contributed by atoms with E-state index in [0.717, 1.165) is 11.2 Å². The van der Waals surface area contributed by atoms with Crippen molar-refractivity contribution in [1.29, 1.82) is 0 Å². The zero-order chi connectivity index (χ0) is 14.4. The molecule has 0 unspecified atom stereocenters. The van der Waals surface area contributed by atoms with Crippen LogP contribution in [0.1, 0.15) is 16.1 Å². The van der Waals surface area contributed by atoms with Crippen molar-refractivity contribution in [3.8, 4) is 0 Å². The van der Waals surface area contributed by atoms with E-state index in [4.69, 9.17) is 5.73 Å². The molecular formula is C17H16N2O. The second kappa shape index (κ2) is 6.48. The molecule has 20 heavy (non-hydrogen) atoms. The standard InChI is InChI=1S/C10H9N.C7H7NO/c1-8-6-7-9-4-2-3-5-10(9)11-8;8-7(9)6-4-2-1-3-5-6/h2-7H,1H3;1-5H,(H2,8,9). The van der Waals surface area contributed by atoms with Gasteiger partial charge in [-0.3, -0.25) is 9.78 Å². The summed E-state index contributed by atoms with van der Waals surface area (Å²) in [6.45, 7) is 2.01. The number of hydrogen-bond donors (Lipinski definition) is 1. The Morgan fingerprint density at radius 3 is 2.20 bits per heavy atom. The average Bonchev–Trinajstić information content (AvgIpc) is 2.48. The second-order valence-corrected chi connectivity index (χ2v) is 4.38. The van der Waals surface area contributed by atoms with Gasteiger partial charge in [0.2, 0.25) is 5.91 Å². The maximum Gasteiger partial charge on any atom is 0.248 e. The van der Waals surface area contributed by atoms with Gasteiger partial charge >= 0.3 is 0 Å². The zero-order valence-corrected chi connectivity index (χ0v) is 11.3. The number of nitrogens with two attached hydrogens (primary N) is 1. The van der Waals surface area contributed by atoms with Gasteiger partial charge in [-0.25, -0.2) is 0 Å². The normalized spacial score (nSPS) is 9.65. The molecule has 3 heteroatoms. The van der Waals surface area contributed by atoms with Gasteiger partial charge in [-0.1, -0.05) is 42.5 Å². The molecule has 1 heterocycles. The number of rotatable bonds is 1. The van der Waals surface area contributed by atoms with Crippen LogP contribution in [0.15, 0.2) is 66.7 Å². The third-order valence-electron chi connectivity index (χ3n) is 2.80. The Kier molecular flexibility index (Phi) is 4.45. The lowest BCUT2D eigenvalue weighted by atomic mass is 10.2. The summed E-state index contributed by atoms with van der Waals surface area (Å²) in [4.78, 5) is 14.8. The van der Waals surface area contributed by atoms with Crippen molar-refractivity contribution in [1.82, 2.24) is 4.98 Å². The molecule has 0 aliphatic rings. The third kappa shape index (κ3) is 3.65. The summed E-state index contributed by atoms with van der Waals surface area (Å²) in [5, 5.41) is 1.21. The summed E-state index contributed by atoms with van der Waals surface area (Å²) in [6.07, 6.45) is 0. The van der Waals surface area contributed by atoms with Crippen LogP contribution in [0.25, 0.3) is 10.9 Å². The molecule has 0 saturated heterocycles. The maximum absolute atomic E-state index is 10.4. The lowest BCUT2D eigenvalue weighted by Gasteiger charge is -1.95. The fourth-order valence-electron chi connectivity index (χ4n) is 1.77. The van der Waals surface area contributed by atoms with Crippen molar-refractivity contribution in [3.63, 3.8) is 0 Å². The molecule has 3 nitrogen and oxygen atoms in total. The highest BCUT2D eigenvalue weighted by molar-refractivity contribution is 5.92. The number of nitrogens with zero attached hydrogens (tertiary/aromatic N) is 1. The number of aromatic nitrogens is 1. The van der Waals surface area contributed by atoms with Gasteiger partial charge in [0.15, 0.2) is 0 Å². The molecule has 0 atom stereocenters. The summed E-state index contributed by atoms with van der Waals surface area (Å²) in [6, 6.07) is 21.0. The molecule has 3 aromatic rings. The highest BCUT2D eigenvalue weighted by Crippen LogP contribution is 2.10. The number of primary amides is 1. The first-order valence-corrected chi connectivity index (χ1v) is 6.34. The van der Waals surface area contributed by atoms with Crippen LogP contribution in [0.2, 0.25) is 0 Å². The SMILES string of the molecule is Cc1ccc2ccccc2n1.NC(=O)c1ccccc1. The van der Waals surface area contributed by atoms with Crippen LogP contribution in [0.4, 0.5) is 0 Å². The molecule has 100 valence electrons. The Balaban J connectivity index is 0.000000151. The number of amides is 1. The van der Waals surface area contributed by atoms with E-state index in [1.165, 1.54) is 5.39 Å². The summed E-state index contributed by atoms with van der Waals surface area (Å²) in [7, 11) is 0. The summed E-state index contributed by atoms with van der Waals surface area (Å²) < 4.78 is 0. The molecule has 0 bridgehead atoms. The van der Waals surface area contributed by atoms with Gasteiger partial charge < -0.3 is 5.73 Å². The molecular weight excluding hydrogens is 248 g/mol. The fraction of sp³-hybridized carbons (Fsp3) is 0.0588. The Morgan fingerprint density at radius 2 is 1.55 bits per heavy atom. The van der Waals surface area contributed by atoms with Crippen LogP contribution in [-0.4, -0.2) is 10.9 Å². The van der Waals surface area contributed by atoms with Gasteiger partial charge in [0, 0.05) is 16.6 Å². The van der Waals surface area contributed by atoms with Crippen LogP contribution in [-0.2, 0) is 0 Å². The lowest BCUT2D eigenvalue weighted by Crippen LogP contribution is -2.09. The highest BCUT2D eigenvalue weighted by atomic mass is 16.1. The Labute approximate surface area is 118 Å². The molecule has 0 radical (unpaired) electrons. The van der Waals surface area contributed by atoms with Crippen molar-refractivity contribution < 1.29 is 4.79 Å². The van der Waals surface area contributed by atoms with Crippen LogP contribution in [0.5, 0.6) is 0 Å². The number of benzene rings is 2. The van der Waals surface area contributed by atoms with Crippen LogP contribution in [0.3, 0.4) is 0 Å². The number of aryl methyl sites for hydroxylation is 1. The van der Waals surface area contributed by atoms with E-state index in [1.807, 2.05) is 37.3 Å². The molecule has 1 amide bonds. The molecule has 0 aliphatic heterocycles. The fourth-order valence-corrected chi connectivity index (χ4v) is 1.77. The van der Waals surface area contributed by atoms with Crippen LogP contribution >= 0.6 is 0 Å². The van der Waals surface area contributed by atoms with Crippen LogP contribution < -0.4 is 5.73 Å². The van der Waals surface area contributed by atoms with Gasteiger partial charge in [-0.05, 0) is 31.2 Å².